The maximum atomic E-state index is 6.40. The molecular formula is C17H13Cl2N5O. The van der Waals surface area contributed by atoms with Crippen molar-refractivity contribution in [2.24, 2.45) is 0 Å². The fourth-order valence-corrected chi connectivity index (χ4v) is 3.41. The first kappa shape index (κ1) is 15.9. The summed E-state index contributed by atoms with van der Waals surface area (Å²) in [5.74, 6) is 1.31. The molecule has 1 aliphatic heterocycles. The summed E-state index contributed by atoms with van der Waals surface area (Å²) in [4.78, 5) is 0. The molecule has 1 aromatic heterocycles. The third kappa shape index (κ3) is 2.83. The van der Waals surface area contributed by atoms with E-state index < -0.39 is 0 Å². The van der Waals surface area contributed by atoms with Crippen LogP contribution in [0.25, 0.3) is 5.70 Å². The van der Waals surface area contributed by atoms with Crippen molar-refractivity contribution < 1.29 is 4.74 Å². The molecule has 2 aromatic carbocycles. The summed E-state index contributed by atoms with van der Waals surface area (Å²) in [6, 6.07) is 12.8. The Hall–Kier alpha value is -2.57. The van der Waals surface area contributed by atoms with Crippen LogP contribution in [0, 0.1) is 0 Å². The van der Waals surface area contributed by atoms with Crippen molar-refractivity contribution in [3.05, 3.63) is 69.7 Å². The van der Waals surface area contributed by atoms with Crippen LogP contribution < -0.4 is 10.1 Å². The van der Waals surface area contributed by atoms with Gasteiger partial charge in [0, 0.05) is 21.3 Å². The average molecular weight is 374 g/mol. The number of allylic oxidation sites excluding steroid dienone is 1. The van der Waals surface area contributed by atoms with Crippen LogP contribution in [0.5, 0.6) is 5.75 Å². The Morgan fingerprint density at radius 1 is 1.08 bits per heavy atom. The summed E-state index contributed by atoms with van der Waals surface area (Å²) in [5.41, 5.74) is 2.60. The molecule has 0 bridgehead atoms. The van der Waals surface area contributed by atoms with E-state index >= 15 is 0 Å². The molecule has 0 fully saturated rings. The Bertz CT molecular complexity index is 932. The quantitative estimate of drug-likeness (QED) is 0.750. The molecule has 0 spiro atoms. The van der Waals surface area contributed by atoms with Crippen molar-refractivity contribution in [1.29, 1.82) is 0 Å². The topological polar surface area (TPSA) is 64.9 Å². The van der Waals surface area contributed by atoms with Crippen LogP contribution in [0.15, 0.2) is 48.5 Å². The lowest BCUT2D eigenvalue weighted by Gasteiger charge is -2.24. The summed E-state index contributed by atoms with van der Waals surface area (Å²) < 4.78 is 6.86. The third-order valence-electron chi connectivity index (χ3n) is 4.02. The molecule has 4 rings (SSSR count). The molecule has 0 saturated heterocycles. The number of aromatic nitrogens is 4. The standard InChI is InChI=1S/C17H13Cl2N5O/c1-25-11-7-5-10(6-8-11)14-9-15(24-17(20-14)21-22-23-24)16-12(18)3-2-4-13(16)19/h2-9,15H,1H3,(H,20,21,23). The lowest BCUT2D eigenvalue weighted by Crippen LogP contribution is -2.20. The SMILES string of the molecule is COc1ccc(C2=CC(c3c(Cl)cccc3Cl)n3nnnc3N2)cc1. The van der Waals surface area contributed by atoms with Gasteiger partial charge in [-0.25, -0.2) is 0 Å². The first-order valence-electron chi connectivity index (χ1n) is 7.52. The van der Waals surface area contributed by atoms with Crippen molar-refractivity contribution in [3.63, 3.8) is 0 Å². The summed E-state index contributed by atoms with van der Waals surface area (Å²) in [6.45, 7) is 0. The molecule has 1 unspecified atom stereocenters. The molecular weight excluding hydrogens is 361 g/mol. The number of tetrazole rings is 1. The molecule has 8 heteroatoms. The molecule has 126 valence electrons. The van der Waals surface area contributed by atoms with Crippen molar-refractivity contribution >= 4 is 34.8 Å². The van der Waals surface area contributed by atoms with Gasteiger partial charge in [-0.3, -0.25) is 0 Å². The first-order chi connectivity index (χ1) is 12.2. The van der Waals surface area contributed by atoms with Crippen LogP contribution in [0.1, 0.15) is 17.2 Å². The molecule has 3 aromatic rings. The lowest BCUT2D eigenvalue weighted by molar-refractivity contribution is 0.415. The van der Waals surface area contributed by atoms with Crippen molar-refractivity contribution in [2.75, 3.05) is 12.4 Å². The van der Waals surface area contributed by atoms with E-state index in [9.17, 15) is 0 Å². The number of rotatable bonds is 3. The minimum atomic E-state index is -0.315. The van der Waals surface area contributed by atoms with Crippen molar-refractivity contribution in [3.8, 4) is 5.75 Å². The van der Waals surface area contributed by atoms with Crippen LogP contribution in [0.3, 0.4) is 0 Å². The highest BCUT2D eigenvalue weighted by atomic mass is 35.5. The second kappa shape index (κ2) is 6.38. The number of ether oxygens (including phenoxy) is 1. The molecule has 0 amide bonds. The van der Waals surface area contributed by atoms with Gasteiger partial charge < -0.3 is 10.1 Å². The predicted molar refractivity (Wildman–Crippen MR) is 97.0 cm³/mol. The van der Waals surface area contributed by atoms with Crippen molar-refractivity contribution in [1.82, 2.24) is 20.2 Å². The Kier molecular flexibility index (Phi) is 4.07. The number of methoxy groups -OCH3 is 1. The van der Waals surface area contributed by atoms with Gasteiger partial charge in [-0.1, -0.05) is 34.4 Å². The third-order valence-corrected chi connectivity index (χ3v) is 4.68. The van der Waals surface area contributed by atoms with E-state index in [4.69, 9.17) is 27.9 Å². The second-order valence-electron chi connectivity index (χ2n) is 5.46. The lowest BCUT2D eigenvalue weighted by atomic mass is 10.0. The summed E-state index contributed by atoms with van der Waals surface area (Å²) >= 11 is 12.8. The Morgan fingerprint density at radius 3 is 2.48 bits per heavy atom. The van der Waals surface area contributed by atoms with Crippen LogP contribution in [-0.4, -0.2) is 27.3 Å². The second-order valence-corrected chi connectivity index (χ2v) is 6.28. The number of fused-ring (bicyclic) bond motifs is 1. The maximum Gasteiger partial charge on any atom is 0.248 e. The van der Waals surface area contributed by atoms with Gasteiger partial charge in [0.2, 0.25) is 5.95 Å². The zero-order valence-electron chi connectivity index (χ0n) is 13.1. The number of benzene rings is 2. The fourth-order valence-electron chi connectivity index (χ4n) is 2.79. The zero-order chi connectivity index (χ0) is 17.4. The van der Waals surface area contributed by atoms with Gasteiger partial charge in [-0.15, -0.1) is 0 Å². The molecule has 1 atom stereocenters. The zero-order valence-corrected chi connectivity index (χ0v) is 14.7. The van der Waals surface area contributed by atoms with E-state index in [-0.39, 0.29) is 6.04 Å². The highest BCUT2D eigenvalue weighted by Gasteiger charge is 2.27. The molecule has 1 aliphatic rings. The fraction of sp³-hybridized carbons (Fsp3) is 0.118. The van der Waals surface area contributed by atoms with Gasteiger partial charge >= 0.3 is 0 Å². The van der Waals surface area contributed by atoms with Crippen LogP contribution in [0.4, 0.5) is 5.95 Å². The number of hydrogen-bond donors (Lipinski definition) is 1. The molecule has 25 heavy (non-hydrogen) atoms. The van der Waals surface area contributed by atoms with Gasteiger partial charge in [0.15, 0.2) is 0 Å². The van der Waals surface area contributed by atoms with Crippen molar-refractivity contribution in [2.45, 2.75) is 6.04 Å². The van der Waals surface area contributed by atoms with E-state index in [1.165, 1.54) is 0 Å². The molecule has 0 radical (unpaired) electrons. The summed E-state index contributed by atoms with van der Waals surface area (Å²) in [7, 11) is 1.64. The molecule has 6 nitrogen and oxygen atoms in total. The number of anilines is 1. The minimum absolute atomic E-state index is 0.315. The molecule has 0 aliphatic carbocycles. The number of hydrogen-bond acceptors (Lipinski definition) is 5. The predicted octanol–water partition coefficient (Wildman–Crippen LogP) is 4.04. The van der Waals surface area contributed by atoms with Gasteiger partial charge in [-0.05, 0) is 58.5 Å². The molecule has 2 heterocycles. The number of halogens is 2. The highest BCUT2D eigenvalue weighted by Crippen LogP contribution is 2.38. The van der Waals surface area contributed by atoms with Crippen LogP contribution in [0.2, 0.25) is 10.0 Å². The van der Waals surface area contributed by atoms with Gasteiger partial charge in [-0.2, -0.15) is 4.68 Å². The van der Waals surface area contributed by atoms with E-state index in [0.717, 1.165) is 22.6 Å². The first-order valence-corrected chi connectivity index (χ1v) is 8.28. The van der Waals surface area contributed by atoms with E-state index in [1.54, 1.807) is 23.9 Å². The van der Waals surface area contributed by atoms with Gasteiger partial charge in [0.05, 0.1) is 7.11 Å². The smallest absolute Gasteiger partial charge is 0.248 e. The Labute approximate surface area is 154 Å². The monoisotopic (exact) mass is 373 g/mol. The van der Waals surface area contributed by atoms with E-state index in [1.807, 2.05) is 36.4 Å². The summed E-state index contributed by atoms with van der Waals surface area (Å²) in [6.07, 6.45) is 2.00. The largest absolute Gasteiger partial charge is 0.497 e. The van der Waals surface area contributed by atoms with E-state index in [2.05, 4.69) is 20.8 Å². The van der Waals surface area contributed by atoms with Gasteiger partial charge in [0.25, 0.3) is 0 Å². The number of nitrogens with one attached hydrogen (secondary N) is 1. The maximum absolute atomic E-state index is 6.40. The molecule has 0 saturated carbocycles. The normalized spacial score (nSPS) is 16.0. The van der Waals surface area contributed by atoms with Crippen LogP contribution in [-0.2, 0) is 0 Å². The van der Waals surface area contributed by atoms with Gasteiger partial charge in [0.1, 0.15) is 11.8 Å². The Morgan fingerprint density at radius 2 is 1.80 bits per heavy atom. The van der Waals surface area contributed by atoms with Crippen LogP contribution >= 0.6 is 23.2 Å². The highest BCUT2D eigenvalue weighted by molar-refractivity contribution is 6.36. The molecule has 1 N–H and O–H groups in total. The minimum Gasteiger partial charge on any atom is -0.497 e. The number of nitrogens with zero attached hydrogens (tertiary/aromatic N) is 4. The Balaban J connectivity index is 1.83. The van der Waals surface area contributed by atoms with E-state index in [0.29, 0.717) is 16.0 Å². The average Bonchev–Trinajstić information content (AvgIpc) is 3.10. The summed E-state index contributed by atoms with van der Waals surface area (Å²) in [5, 5.41) is 16.2.